The van der Waals surface area contributed by atoms with Crippen molar-refractivity contribution in [2.75, 3.05) is 17.5 Å². The topological polar surface area (TPSA) is 96.0 Å². The summed E-state index contributed by atoms with van der Waals surface area (Å²) in [6.45, 7) is 9.04. The molecule has 0 saturated carbocycles. The molecule has 0 bridgehead atoms. The maximum atomic E-state index is 14.1. The number of benzene rings is 3. The van der Waals surface area contributed by atoms with Gasteiger partial charge in [-0.3, -0.25) is 13.9 Å². The fourth-order valence-corrected chi connectivity index (χ4v) is 6.26. The zero-order chi connectivity index (χ0) is 31.0. The van der Waals surface area contributed by atoms with Crippen molar-refractivity contribution in [2.24, 2.45) is 0 Å². The van der Waals surface area contributed by atoms with Gasteiger partial charge in [0.2, 0.25) is 11.8 Å². The van der Waals surface area contributed by atoms with Crippen molar-refractivity contribution in [3.8, 4) is 5.75 Å². The number of amides is 2. The first kappa shape index (κ1) is 33.2. The molecule has 0 aliphatic heterocycles. The van der Waals surface area contributed by atoms with E-state index in [2.05, 4.69) is 5.32 Å². The van der Waals surface area contributed by atoms with Crippen LogP contribution in [0.25, 0.3) is 0 Å². The minimum absolute atomic E-state index is 0.00350. The Bertz CT molecular complexity index is 1480. The van der Waals surface area contributed by atoms with Gasteiger partial charge in [0.15, 0.2) is 0 Å². The van der Waals surface area contributed by atoms with Crippen LogP contribution in [-0.2, 0) is 26.2 Å². The smallest absolute Gasteiger partial charge is 0.264 e. The maximum Gasteiger partial charge on any atom is 0.264 e. The molecule has 0 fully saturated rings. The third kappa shape index (κ3) is 8.40. The lowest BCUT2D eigenvalue weighted by Crippen LogP contribution is -2.53. The van der Waals surface area contributed by atoms with Gasteiger partial charge in [0.25, 0.3) is 10.0 Å². The van der Waals surface area contributed by atoms with Crippen LogP contribution in [0.2, 0.25) is 10.0 Å². The van der Waals surface area contributed by atoms with Crippen LogP contribution in [0.1, 0.15) is 45.2 Å². The highest BCUT2D eigenvalue weighted by Gasteiger charge is 2.34. The van der Waals surface area contributed by atoms with E-state index < -0.39 is 28.5 Å². The third-order valence-electron chi connectivity index (χ3n) is 6.50. The Morgan fingerprint density at radius 3 is 2.14 bits per heavy atom. The summed E-state index contributed by atoms with van der Waals surface area (Å²) in [5.41, 5.74) is 1.81. The van der Waals surface area contributed by atoms with Crippen LogP contribution < -0.4 is 14.4 Å². The summed E-state index contributed by atoms with van der Waals surface area (Å²) in [7, 11) is -4.20. The number of anilines is 1. The average Bonchev–Trinajstić information content (AvgIpc) is 2.93. The van der Waals surface area contributed by atoms with Crippen molar-refractivity contribution >= 4 is 50.7 Å². The molecule has 0 heterocycles. The van der Waals surface area contributed by atoms with Crippen molar-refractivity contribution in [2.45, 2.75) is 64.6 Å². The fraction of sp³-hybridized carbons (Fsp3) is 0.355. The Kier molecular flexibility index (Phi) is 11.7. The molecule has 226 valence electrons. The van der Waals surface area contributed by atoms with Crippen molar-refractivity contribution in [3.63, 3.8) is 0 Å². The van der Waals surface area contributed by atoms with Gasteiger partial charge in [-0.1, -0.05) is 53.9 Å². The van der Waals surface area contributed by atoms with E-state index in [0.29, 0.717) is 40.1 Å². The molecule has 0 aliphatic rings. The molecule has 2 amide bonds. The number of nitrogens with one attached hydrogen (secondary N) is 1. The van der Waals surface area contributed by atoms with E-state index in [0.717, 1.165) is 9.87 Å². The summed E-state index contributed by atoms with van der Waals surface area (Å²) in [6, 6.07) is 16.8. The van der Waals surface area contributed by atoms with Gasteiger partial charge in [-0.15, -0.1) is 0 Å². The standard InChI is InChI=1S/C31H37Cl2N3O5S/c1-6-29(31(38)34-21(3)4)35(19-23-10-11-24(32)18-28(23)33)30(37)20-36(25-12-8-22(5)9-13-25)42(39,40)27-16-14-26(15-17-27)41-7-2/h8-18,21,29H,6-7,19-20H2,1-5H3,(H,34,38)/t29-/m1/s1. The number of carbonyl (C=O) groups is 2. The fourth-order valence-electron chi connectivity index (χ4n) is 4.38. The molecule has 1 N–H and O–H groups in total. The summed E-state index contributed by atoms with van der Waals surface area (Å²) in [5, 5.41) is 3.63. The van der Waals surface area contributed by atoms with Gasteiger partial charge in [0, 0.05) is 22.6 Å². The number of ether oxygens (including phenoxy) is 1. The third-order valence-corrected chi connectivity index (χ3v) is 8.87. The molecule has 0 saturated heterocycles. The van der Waals surface area contributed by atoms with Crippen molar-refractivity contribution < 1.29 is 22.7 Å². The van der Waals surface area contributed by atoms with Crippen LogP contribution in [0.3, 0.4) is 0 Å². The van der Waals surface area contributed by atoms with E-state index in [1.807, 2.05) is 27.7 Å². The molecule has 3 aromatic carbocycles. The van der Waals surface area contributed by atoms with E-state index in [1.54, 1.807) is 61.5 Å². The van der Waals surface area contributed by atoms with Gasteiger partial charge in [-0.05, 0) is 88.2 Å². The number of sulfonamides is 1. The Hall–Kier alpha value is -3.27. The minimum Gasteiger partial charge on any atom is -0.494 e. The molecule has 8 nitrogen and oxygen atoms in total. The summed E-state index contributed by atoms with van der Waals surface area (Å²) in [6.07, 6.45) is 0.297. The molecule has 1 atom stereocenters. The quantitative estimate of drug-likeness (QED) is 0.241. The molecule has 0 spiro atoms. The number of rotatable bonds is 13. The van der Waals surface area contributed by atoms with Crippen molar-refractivity contribution in [1.29, 1.82) is 0 Å². The summed E-state index contributed by atoms with van der Waals surface area (Å²) in [4.78, 5) is 28.8. The Labute approximate surface area is 258 Å². The number of hydrogen-bond donors (Lipinski definition) is 1. The predicted octanol–water partition coefficient (Wildman–Crippen LogP) is 6.23. The van der Waals surface area contributed by atoms with Crippen LogP contribution in [0.5, 0.6) is 5.75 Å². The lowest BCUT2D eigenvalue weighted by atomic mass is 10.1. The molecular formula is C31H37Cl2N3O5S. The molecule has 0 unspecified atom stereocenters. The molecular weight excluding hydrogens is 597 g/mol. The highest BCUT2D eigenvalue weighted by atomic mass is 35.5. The molecule has 3 rings (SSSR count). The normalized spacial score (nSPS) is 12.1. The van der Waals surface area contributed by atoms with Crippen molar-refractivity contribution in [3.05, 3.63) is 87.9 Å². The molecule has 0 radical (unpaired) electrons. The van der Waals surface area contributed by atoms with Gasteiger partial charge in [0.05, 0.1) is 17.2 Å². The second-order valence-electron chi connectivity index (χ2n) is 10.1. The summed E-state index contributed by atoms with van der Waals surface area (Å²) < 4.78 is 34.6. The Balaban J connectivity index is 2.07. The Morgan fingerprint density at radius 2 is 1.60 bits per heavy atom. The second kappa shape index (κ2) is 14.8. The van der Waals surface area contributed by atoms with Gasteiger partial charge in [-0.2, -0.15) is 0 Å². The number of halogens is 2. The number of carbonyl (C=O) groups excluding carboxylic acids is 2. The highest BCUT2D eigenvalue weighted by molar-refractivity contribution is 7.92. The van der Waals surface area contributed by atoms with Crippen LogP contribution in [0, 0.1) is 6.92 Å². The SMILES string of the molecule is CCOc1ccc(S(=O)(=O)N(CC(=O)N(Cc2ccc(Cl)cc2Cl)[C@H](CC)C(=O)NC(C)C)c2ccc(C)cc2)cc1. The highest BCUT2D eigenvalue weighted by Crippen LogP contribution is 2.28. The average molecular weight is 635 g/mol. The van der Waals surface area contributed by atoms with E-state index in [4.69, 9.17) is 27.9 Å². The van der Waals surface area contributed by atoms with E-state index in [9.17, 15) is 18.0 Å². The van der Waals surface area contributed by atoms with Crippen molar-refractivity contribution in [1.82, 2.24) is 10.2 Å². The first-order valence-corrected chi connectivity index (χ1v) is 15.9. The first-order chi connectivity index (χ1) is 19.9. The Morgan fingerprint density at radius 1 is 0.952 bits per heavy atom. The minimum atomic E-state index is -4.20. The zero-order valence-electron chi connectivity index (χ0n) is 24.4. The van der Waals surface area contributed by atoms with Gasteiger partial charge < -0.3 is 15.0 Å². The molecule has 0 aromatic heterocycles. The monoisotopic (exact) mass is 633 g/mol. The van der Waals surface area contributed by atoms with Gasteiger partial charge in [-0.25, -0.2) is 8.42 Å². The van der Waals surface area contributed by atoms with Crippen LogP contribution >= 0.6 is 23.2 Å². The van der Waals surface area contributed by atoms with E-state index in [1.165, 1.54) is 17.0 Å². The van der Waals surface area contributed by atoms with Crippen LogP contribution in [0.15, 0.2) is 71.6 Å². The largest absolute Gasteiger partial charge is 0.494 e. The number of aryl methyl sites for hydroxylation is 1. The summed E-state index contributed by atoms with van der Waals surface area (Å²) in [5.74, 6) is -0.383. The number of hydrogen-bond acceptors (Lipinski definition) is 5. The van der Waals surface area contributed by atoms with Gasteiger partial charge in [0.1, 0.15) is 18.3 Å². The van der Waals surface area contributed by atoms with Crippen LogP contribution in [-0.4, -0.2) is 50.4 Å². The predicted molar refractivity (Wildman–Crippen MR) is 168 cm³/mol. The molecule has 0 aliphatic carbocycles. The van der Waals surface area contributed by atoms with Crippen LogP contribution in [0.4, 0.5) is 5.69 Å². The lowest BCUT2D eigenvalue weighted by molar-refractivity contribution is -0.140. The van der Waals surface area contributed by atoms with E-state index >= 15 is 0 Å². The lowest BCUT2D eigenvalue weighted by Gasteiger charge is -2.33. The first-order valence-electron chi connectivity index (χ1n) is 13.7. The molecule has 11 heteroatoms. The molecule has 42 heavy (non-hydrogen) atoms. The van der Waals surface area contributed by atoms with E-state index in [-0.39, 0.29) is 23.4 Å². The maximum absolute atomic E-state index is 14.1. The summed E-state index contributed by atoms with van der Waals surface area (Å²) >= 11 is 12.5. The number of nitrogens with zero attached hydrogens (tertiary/aromatic N) is 2. The second-order valence-corrected chi connectivity index (χ2v) is 12.8. The zero-order valence-corrected chi connectivity index (χ0v) is 26.8. The molecule has 3 aromatic rings. The van der Waals surface area contributed by atoms with Gasteiger partial charge >= 0.3 is 0 Å².